The molecule has 3 aromatic rings. The van der Waals surface area contributed by atoms with E-state index in [1.807, 2.05) is 39.0 Å². The molecule has 1 amide bonds. The van der Waals surface area contributed by atoms with Crippen LogP contribution in [0.25, 0.3) is 22.4 Å². The maximum Gasteiger partial charge on any atom is 0.242 e. The zero-order chi connectivity index (χ0) is 15.7. The number of aromatic nitrogens is 3. The van der Waals surface area contributed by atoms with Crippen LogP contribution in [0.5, 0.6) is 0 Å². The highest BCUT2D eigenvalue weighted by atomic mass is 16.3. The molecule has 0 saturated carbocycles. The van der Waals surface area contributed by atoms with Crippen molar-refractivity contribution in [2.75, 3.05) is 0 Å². The number of fused-ring (bicyclic) bond motifs is 1. The summed E-state index contributed by atoms with van der Waals surface area (Å²) >= 11 is 0. The van der Waals surface area contributed by atoms with E-state index in [2.05, 4.69) is 15.4 Å². The third-order valence-corrected chi connectivity index (χ3v) is 3.34. The number of pyridine rings is 1. The van der Waals surface area contributed by atoms with Crippen molar-refractivity contribution in [1.29, 1.82) is 0 Å². The van der Waals surface area contributed by atoms with E-state index in [0.29, 0.717) is 5.65 Å². The summed E-state index contributed by atoms with van der Waals surface area (Å²) in [4.78, 5) is 16.4. The number of rotatable bonds is 4. The normalized spacial score (nSPS) is 11.3. The van der Waals surface area contributed by atoms with Crippen LogP contribution >= 0.6 is 0 Å². The molecule has 0 bridgehead atoms. The molecule has 0 aliphatic rings. The lowest BCUT2D eigenvalue weighted by atomic mass is 10.1. The molecule has 0 saturated heterocycles. The SMILES string of the molecule is Cc1nn(CC(=O)NC(C)C)c2nccc(-c3ccco3)c12. The maximum absolute atomic E-state index is 12.0. The van der Waals surface area contributed by atoms with Gasteiger partial charge in [-0.1, -0.05) is 0 Å². The van der Waals surface area contributed by atoms with Crippen LogP contribution < -0.4 is 5.32 Å². The summed E-state index contributed by atoms with van der Waals surface area (Å²) in [5.41, 5.74) is 2.44. The smallest absolute Gasteiger partial charge is 0.242 e. The van der Waals surface area contributed by atoms with Crippen molar-refractivity contribution in [3.63, 3.8) is 0 Å². The highest BCUT2D eigenvalue weighted by molar-refractivity contribution is 5.93. The van der Waals surface area contributed by atoms with Crippen LogP contribution in [-0.2, 0) is 11.3 Å². The molecule has 3 aromatic heterocycles. The Balaban J connectivity index is 2.04. The lowest BCUT2D eigenvalue weighted by molar-refractivity contribution is -0.122. The fourth-order valence-corrected chi connectivity index (χ4v) is 2.53. The van der Waals surface area contributed by atoms with Gasteiger partial charge in [-0.2, -0.15) is 5.10 Å². The third-order valence-electron chi connectivity index (χ3n) is 3.34. The molecule has 6 heteroatoms. The Labute approximate surface area is 128 Å². The number of hydrogen-bond donors (Lipinski definition) is 1. The monoisotopic (exact) mass is 298 g/mol. The second kappa shape index (κ2) is 5.63. The van der Waals surface area contributed by atoms with E-state index in [1.165, 1.54) is 0 Å². The highest BCUT2D eigenvalue weighted by Crippen LogP contribution is 2.29. The van der Waals surface area contributed by atoms with E-state index in [-0.39, 0.29) is 18.5 Å². The van der Waals surface area contributed by atoms with Crippen LogP contribution in [0.4, 0.5) is 0 Å². The summed E-state index contributed by atoms with van der Waals surface area (Å²) in [5.74, 6) is 0.686. The van der Waals surface area contributed by atoms with Gasteiger partial charge in [0.05, 0.1) is 17.3 Å². The molecule has 0 atom stereocenters. The van der Waals surface area contributed by atoms with Gasteiger partial charge in [0.2, 0.25) is 5.91 Å². The molecule has 0 fully saturated rings. The van der Waals surface area contributed by atoms with E-state index < -0.39 is 0 Å². The molecule has 3 rings (SSSR count). The van der Waals surface area contributed by atoms with Gasteiger partial charge in [-0.3, -0.25) is 4.79 Å². The molecule has 0 unspecified atom stereocenters. The van der Waals surface area contributed by atoms with Gasteiger partial charge in [-0.25, -0.2) is 9.67 Å². The number of carbonyl (C=O) groups is 1. The summed E-state index contributed by atoms with van der Waals surface area (Å²) in [7, 11) is 0. The minimum absolute atomic E-state index is 0.0791. The fourth-order valence-electron chi connectivity index (χ4n) is 2.53. The topological polar surface area (TPSA) is 73.0 Å². The van der Waals surface area contributed by atoms with Gasteiger partial charge >= 0.3 is 0 Å². The zero-order valence-electron chi connectivity index (χ0n) is 12.8. The summed E-state index contributed by atoms with van der Waals surface area (Å²) in [6.07, 6.45) is 3.34. The molecular weight excluding hydrogens is 280 g/mol. The predicted octanol–water partition coefficient (Wildman–Crippen LogP) is 2.52. The number of furan rings is 1. The van der Waals surface area contributed by atoms with E-state index in [0.717, 1.165) is 22.4 Å². The first-order valence-corrected chi connectivity index (χ1v) is 7.21. The third kappa shape index (κ3) is 2.59. The molecule has 6 nitrogen and oxygen atoms in total. The Morgan fingerprint density at radius 3 is 2.91 bits per heavy atom. The number of carbonyl (C=O) groups excluding carboxylic acids is 1. The van der Waals surface area contributed by atoms with Crippen LogP contribution in [0, 0.1) is 6.92 Å². The van der Waals surface area contributed by atoms with Gasteiger partial charge in [-0.05, 0) is 39.0 Å². The van der Waals surface area contributed by atoms with E-state index in [4.69, 9.17) is 4.42 Å². The highest BCUT2D eigenvalue weighted by Gasteiger charge is 2.17. The molecule has 114 valence electrons. The van der Waals surface area contributed by atoms with Gasteiger partial charge in [0.25, 0.3) is 0 Å². The largest absolute Gasteiger partial charge is 0.464 e. The van der Waals surface area contributed by atoms with Gasteiger partial charge in [0.15, 0.2) is 5.65 Å². The number of nitrogens with one attached hydrogen (secondary N) is 1. The van der Waals surface area contributed by atoms with Crippen molar-refractivity contribution in [1.82, 2.24) is 20.1 Å². The zero-order valence-corrected chi connectivity index (χ0v) is 12.8. The van der Waals surface area contributed by atoms with E-state index in [1.54, 1.807) is 17.1 Å². The molecule has 0 aliphatic carbocycles. The average molecular weight is 298 g/mol. The molecule has 0 radical (unpaired) electrons. The van der Waals surface area contributed by atoms with Crippen LogP contribution in [0.1, 0.15) is 19.5 Å². The number of hydrogen-bond acceptors (Lipinski definition) is 4. The van der Waals surface area contributed by atoms with Gasteiger partial charge in [0, 0.05) is 17.8 Å². The van der Waals surface area contributed by atoms with Crippen molar-refractivity contribution in [2.24, 2.45) is 0 Å². The van der Waals surface area contributed by atoms with Gasteiger partial charge in [-0.15, -0.1) is 0 Å². The first-order valence-electron chi connectivity index (χ1n) is 7.21. The van der Waals surface area contributed by atoms with Crippen molar-refractivity contribution in [2.45, 2.75) is 33.4 Å². The summed E-state index contributed by atoms with van der Waals surface area (Å²) in [5, 5.41) is 8.23. The van der Waals surface area contributed by atoms with Gasteiger partial charge < -0.3 is 9.73 Å². The average Bonchev–Trinajstić information content (AvgIpc) is 3.07. The second-order valence-electron chi connectivity index (χ2n) is 5.50. The van der Waals surface area contributed by atoms with Crippen molar-refractivity contribution in [3.05, 3.63) is 36.4 Å². The van der Waals surface area contributed by atoms with E-state index >= 15 is 0 Å². The minimum Gasteiger partial charge on any atom is -0.464 e. The van der Waals surface area contributed by atoms with Crippen molar-refractivity contribution in [3.8, 4) is 11.3 Å². The lowest BCUT2D eigenvalue weighted by Gasteiger charge is -2.08. The summed E-state index contributed by atoms with van der Waals surface area (Å²) in [6, 6.07) is 5.74. The molecule has 3 heterocycles. The van der Waals surface area contributed by atoms with Gasteiger partial charge in [0.1, 0.15) is 12.3 Å². The molecule has 0 spiro atoms. The fraction of sp³-hybridized carbons (Fsp3) is 0.312. The standard InChI is InChI=1S/C16H18N4O2/c1-10(2)18-14(21)9-20-16-15(11(3)19-20)12(6-7-17-16)13-5-4-8-22-13/h4-8,10H,9H2,1-3H3,(H,18,21). The Kier molecular flexibility index (Phi) is 3.66. The maximum atomic E-state index is 12.0. The van der Waals surface area contributed by atoms with Crippen LogP contribution in [0.2, 0.25) is 0 Å². The van der Waals surface area contributed by atoms with Crippen LogP contribution in [0.15, 0.2) is 35.1 Å². The Morgan fingerprint density at radius 2 is 2.23 bits per heavy atom. The van der Waals surface area contributed by atoms with Crippen LogP contribution in [-0.4, -0.2) is 26.7 Å². The number of amides is 1. The number of nitrogens with zero attached hydrogens (tertiary/aromatic N) is 3. The van der Waals surface area contributed by atoms with Crippen LogP contribution in [0.3, 0.4) is 0 Å². The Hall–Kier alpha value is -2.63. The first kappa shape index (κ1) is 14.3. The second-order valence-corrected chi connectivity index (χ2v) is 5.50. The molecule has 0 aromatic carbocycles. The summed E-state index contributed by atoms with van der Waals surface area (Å²) < 4.78 is 7.12. The van der Waals surface area contributed by atoms with Crippen molar-refractivity contribution >= 4 is 16.9 Å². The summed E-state index contributed by atoms with van der Waals surface area (Å²) in [6.45, 7) is 5.92. The lowest BCUT2D eigenvalue weighted by Crippen LogP contribution is -2.33. The molecule has 22 heavy (non-hydrogen) atoms. The molecule has 0 aliphatic heterocycles. The Bertz CT molecular complexity index is 803. The van der Waals surface area contributed by atoms with E-state index in [9.17, 15) is 4.79 Å². The Morgan fingerprint density at radius 1 is 1.41 bits per heavy atom. The van der Waals surface area contributed by atoms with Crippen molar-refractivity contribution < 1.29 is 9.21 Å². The quantitative estimate of drug-likeness (QED) is 0.803. The molecule has 1 N–H and O–H groups in total. The number of aryl methyl sites for hydroxylation is 1. The first-order chi connectivity index (χ1) is 10.6. The predicted molar refractivity (Wildman–Crippen MR) is 83.2 cm³/mol. The molecular formula is C16H18N4O2. The minimum atomic E-state index is -0.0791.